The Hall–Kier alpha value is -3.02. The van der Waals surface area contributed by atoms with Gasteiger partial charge in [-0.05, 0) is 23.8 Å². The Morgan fingerprint density at radius 3 is 2.23 bits per heavy atom. The molecule has 0 atom stereocenters. The molecule has 0 saturated heterocycles. The highest BCUT2D eigenvalue weighted by Crippen LogP contribution is 2.27. The smallest absolute Gasteiger partial charge is 0.270 e. The number of non-ortho nitro benzene ring substituents is 1. The minimum atomic E-state index is -0.509. The van der Waals surface area contributed by atoms with Gasteiger partial charge in [-0.2, -0.15) is 0 Å². The second kappa shape index (κ2) is 6.62. The van der Waals surface area contributed by atoms with E-state index in [1.54, 1.807) is 44.6 Å². The first-order chi connectivity index (χ1) is 10.5. The number of ether oxygens (including phenoxy) is 2. The molecule has 0 bridgehead atoms. The maximum Gasteiger partial charge on any atom is 0.270 e. The first-order valence-electron chi connectivity index (χ1n) is 6.42. The second-order valence-electron chi connectivity index (χ2n) is 4.48. The standard InChI is InChI=1S/C16H15NO5/c1-21-14-7-11(8-15(10-14)22-2)3-4-12-9-13(17(19)20)5-6-16(12)18/h3-10,18H,1-2H3/b4-3+. The topological polar surface area (TPSA) is 81.8 Å². The van der Waals surface area contributed by atoms with E-state index in [2.05, 4.69) is 0 Å². The molecule has 0 heterocycles. The van der Waals surface area contributed by atoms with Gasteiger partial charge < -0.3 is 14.6 Å². The van der Waals surface area contributed by atoms with Crippen molar-refractivity contribution in [1.82, 2.24) is 0 Å². The summed E-state index contributed by atoms with van der Waals surface area (Å²) in [5.74, 6) is 1.22. The van der Waals surface area contributed by atoms with Crippen LogP contribution in [0.25, 0.3) is 12.2 Å². The molecule has 2 aromatic rings. The molecule has 22 heavy (non-hydrogen) atoms. The van der Waals surface area contributed by atoms with Crippen LogP contribution in [0.3, 0.4) is 0 Å². The summed E-state index contributed by atoms with van der Waals surface area (Å²) < 4.78 is 10.3. The Morgan fingerprint density at radius 2 is 1.68 bits per heavy atom. The second-order valence-corrected chi connectivity index (χ2v) is 4.48. The van der Waals surface area contributed by atoms with Gasteiger partial charge in [-0.25, -0.2) is 0 Å². The van der Waals surface area contributed by atoms with Gasteiger partial charge in [-0.15, -0.1) is 0 Å². The molecular weight excluding hydrogens is 286 g/mol. The minimum absolute atomic E-state index is 0.0308. The Morgan fingerprint density at radius 1 is 1.05 bits per heavy atom. The van der Waals surface area contributed by atoms with Crippen molar-refractivity contribution in [1.29, 1.82) is 0 Å². The highest BCUT2D eigenvalue weighted by molar-refractivity contribution is 5.74. The van der Waals surface area contributed by atoms with Gasteiger partial charge in [0.15, 0.2) is 0 Å². The van der Waals surface area contributed by atoms with Crippen LogP contribution in [0.1, 0.15) is 11.1 Å². The van der Waals surface area contributed by atoms with Crippen LogP contribution < -0.4 is 9.47 Å². The van der Waals surface area contributed by atoms with E-state index < -0.39 is 4.92 Å². The Labute approximate surface area is 127 Å². The predicted octanol–water partition coefficient (Wildman–Crippen LogP) is 3.49. The highest BCUT2D eigenvalue weighted by Gasteiger charge is 2.08. The average molecular weight is 301 g/mol. The fraction of sp³-hybridized carbons (Fsp3) is 0.125. The summed E-state index contributed by atoms with van der Waals surface area (Å²) in [5, 5.41) is 20.5. The molecule has 0 aliphatic carbocycles. The molecule has 0 radical (unpaired) electrons. The predicted molar refractivity (Wildman–Crippen MR) is 83.2 cm³/mol. The van der Waals surface area contributed by atoms with Crippen molar-refractivity contribution in [3.63, 3.8) is 0 Å². The molecule has 0 fully saturated rings. The van der Waals surface area contributed by atoms with E-state index in [1.165, 1.54) is 18.2 Å². The third kappa shape index (κ3) is 3.54. The lowest BCUT2D eigenvalue weighted by molar-refractivity contribution is -0.384. The molecule has 0 aromatic heterocycles. The third-order valence-corrected chi connectivity index (χ3v) is 3.05. The number of nitro benzene ring substituents is 1. The summed E-state index contributed by atoms with van der Waals surface area (Å²) in [6.07, 6.45) is 3.31. The summed E-state index contributed by atoms with van der Waals surface area (Å²) >= 11 is 0. The van der Waals surface area contributed by atoms with E-state index in [0.717, 1.165) is 5.56 Å². The van der Waals surface area contributed by atoms with E-state index >= 15 is 0 Å². The summed E-state index contributed by atoms with van der Waals surface area (Å²) in [7, 11) is 3.10. The molecular formula is C16H15NO5. The number of methoxy groups -OCH3 is 2. The molecule has 0 aliphatic heterocycles. The number of hydrogen-bond acceptors (Lipinski definition) is 5. The number of nitro groups is 1. The molecule has 0 spiro atoms. The van der Waals surface area contributed by atoms with Crippen LogP contribution >= 0.6 is 0 Å². The molecule has 0 aliphatic rings. The number of hydrogen-bond donors (Lipinski definition) is 1. The van der Waals surface area contributed by atoms with E-state index in [1.807, 2.05) is 0 Å². The quantitative estimate of drug-likeness (QED) is 0.519. The van der Waals surface area contributed by atoms with Gasteiger partial charge in [0.2, 0.25) is 0 Å². The van der Waals surface area contributed by atoms with Gasteiger partial charge in [-0.3, -0.25) is 10.1 Å². The van der Waals surface area contributed by atoms with Crippen LogP contribution in [0.15, 0.2) is 36.4 Å². The van der Waals surface area contributed by atoms with Crippen molar-refractivity contribution < 1.29 is 19.5 Å². The fourth-order valence-electron chi connectivity index (χ4n) is 1.90. The first-order valence-corrected chi connectivity index (χ1v) is 6.42. The van der Waals surface area contributed by atoms with Gasteiger partial charge in [0.1, 0.15) is 17.2 Å². The molecule has 2 aromatic carbocycles. The van der Waals surface area contributed by atoms with Gasteiger partial charge in [-0.1, -0.05) is 12.2 Å². The van der Waals surface area contributed by atoms with E-state index in [9.17, 15) is 15.2 Å². The molecule has 114 valence electrons. The van der Waals surface area contributed by atoms with Gasteiger partial charge in [0.25, 0.3) is 5.69 Å². The fourth-order valence-corrected chi connectivity index (χ4v) is 1.90. The SMILES string of the molecule is COc1cc(/C=C/c2cc([N+](=O)[O-])ccc2O)cc(OC)c1. The summed E-state index contributed by atoms with van der Waals surface area (Å²) in [5.41, 5.74) is 1.05. The third-order valence-electron chi connectivity index (χ3n) is 3.05. The van der Waals surface area contributed by atoms with Crippen LogP contribution in [-0.2, 0) is 0 Å². The van der Waals surface area contributed by atoms with Gasteiger partial charge >= 0.3 is 0 Å². The molecule has 0 amide bonds. The van der Waals surface area contributed by atoms with Crippen molar-refractivity contribution in [3.05, 3.63) is 57.6 Å². The van der Waals surface area contributed by atoms with Crippen molar-refractivity contribution in [2.24, 2.45) is 0 Å². The number of aromatic hydroxyl groups is 1. The monoisotopic (exact) mass is 301 g/mol. The normalized spacial score (nSPS) is 10.6. The maximum atomic E-state index is 10.8. The number of phenolic OH excluding ortho intramolecular Hbond substituents is 1. The lowest BCUT2D eigenvalue weighted by Gasteiger charge is -2.06. The van der Waals surface area contributed by atoms with E-state index in [0.29, 0.717) is 17.1 Å². The van der Waals surface area contributed by atoms with Crippen LogP contribution in [0, 0.1) is 10.1 Å². The van der Waals surface area contributed by atoms with Crippen LogP contribution in [0.2, 0.25) is 0 Å². The van der Waals surface area contributed by atoms with Crippen molar-refractivity contribution in [3.8, 4) is 17.2 Å². The zero-order valence-electron chi connectivity index (χ0n) is 12.1. The largest absolute Gasteiger partial charge is 0.507 e. The maximum absolute atomic E-state index is 10.8. The number of nitrogens with zero attached hydrogens (tertiary/aromatic N) is 1. The molecule has 2 rings (SSSR count). The number of benzene rings is 2. The number of rotatable bonds is 5. The summed E-state index contributed by atoms with van der Waals surface area (Å²) in [6, 6.07) is 9.16. The Bertz CT molecular complexity index is 702. The lowest BCUT2D eigenvalue weighted by atomic mass is 10.1. The van der Waals surface area contributed by atoms with Gasteiger partial charge in [0.05, 0.1) is 19.1 Å². The van der Waals surface area contributed by atoms with E-state index in [-0.39, 0.29) is 11.4 Å². The highest BCUT2D eigenvalue weighted by atomic mass is 16.6. The van der Waals surface area contributed by atoms with E-state index in [4.69, 9.17) is 9.47 Å². The summed E-state index contributed by atoms with van der Waals surface area (Å²) in [4.78, 5) is 10.3. The molecule has 0 unspecified atom stereocenters. The Balaban J connectivity index is 2.36. The van der Waals surface area contributed by atoms with Gasteiger partial charge in [0, 0.05) is 23.8 Å². The zero-order chi connectivity index (χ0) is 16.1. The molecule has 6 heteroatoms. The van der Waals surface area contributed by atoms with Crippen LogP contribution in [0.4, 0.5) is 5.69 Å². The first kappa shape index (κ1) is 15.4. The minimum Gasteiger partial charge on any atom is -0.507 e. The Kier molecular flexibility index (Phi) is 4.63. The molecule has 0 saturated carbocycles. The molecule has 6 nitrogen and oxygen atoms in total. The summed E-state index contributed by atoms with van der Waals surface area (Å²) in [6.45, 7) is 0. The van der Waals surface area contributed by atoms with Crippen LogP contribution in [-0.4, -0.2) is 24.2 Å². The number of phenols is 1. The molecule has 1 N–H and O–H groups in total. The van der Waals surface area contributed by atoms with Crippen LogP contribution in [0.5, 0.6) is 17.2 Å². The average Bonchev–Trinajstić information content (AvgIpc) is 2.53. The zero-order valence-corrected chi connectivity index (χ0v) is 12.1. The van der Waals surface area contributed by atoms with Crippen molar-refractivity contribution in [2.45, 2.75) is 0 Å². The van der Waals surface area contributed by atoms with Crippen molar-refractivity contribution in [2.75, 3.05) is 14.2 Å². The lowest BCUT2D eigenvalue weighted by Crippen LogP contribution is -1.89. The van der Waals surface area contributed by atoms with Crippen molar-refractivity contribution >= 4 is 17.8 Å².